The zero-order valence-electron chi connectivity index (χ0n) is 10.3. The first-order chi connectivity index (χ1) is 8.54. The number of aromatic amines is 1. The summed E-state index contributed by atoms with van der Waals surface area (Å²) in [5, 5.41) is 8.75. The number of aryl methyl sites for hydroxylation is 2. The number of aromatic nitrogens is 2. The van der Waals surface area contributed by atoms with E-state index in [0.29, 0.717) is 0 Å². The van der Waals surface area contributed by atoms with Crippen molar-refractivity contribution in [2.45, 2.75) is 20.3 Å². The number of hydrogen-bond acceptors (Lipinski definition) is 2. The molecule has 2 aromatic rings. The van der Waals surface area contributed by atoms with Gasteiger partial charge in [0.15, 0.2) is 0 Å². The van der Waals surface area contributed by atoms with E-state index in [0.717, 1.165) is 12.2 Å². The maximum Gasteiger partial charge on any atom is 0.337 e. The van der Waals surface area contributed by atoms with E-state index in [1.165, 1.54) is 11.8 Å². The minimum absolute atomic E-state index is 0.143. The van der Waals surface area contributed by atoms with E-state index in [9.17, 15) is 4.79 Å². The lowest BCUT2D eigenvalue weighted by Crippen LogP contribution is -1.95. The quantitative estimate of drug-likeness (QED) is 0.876. The van der Waals surface area contributed by atoms with Crippen LogP contribution in [0.4, 0.5) is 0 Å². The Morgan fingerprint density at radius 3 is 2.44 bits per heavy atom. The van der Waals surface area contributed by atoms with E-state index in [1.807, 2.05) is 13.1 Å². The van der Waals surface area contributed by atoms with Crippen molar-refractivity contribution in [3.63, 3.8) is 0 Å². The average molecular weight is 267 g/mol. The van der Waals surface area contributed by atoms with Gasteiger partial charge in [-0.3, -0.25) is 0 Å². The van der Waals surface area contributed by atoms with Gasteiger partial charge in [-0.1, -0.05) is 30.7 Å². The molecule has 5 heteroatoms. The highest BCUT2D eigenvalue weighted by molar-refractivity contribution is 6.33. The fraction of sp³-hybridized carbons (Fsp3) is 0.231. The highest BCUT2D eigenvalue weighted by Gasteiger charge is 2.04. The number of nitrogens with one attached hydrogen (secondary N) is 1. The molecule has 1 aromatic heterocycles. The Balaban J connectivity index is 0.000000184. The topological polar surface area (TPSA) is 66.0 Å². The van der Waals surface area contributed by atoms with Gasteiger partial charge >= 0.3 is 5.97 Å². The summed E-state index contributed by atoms with van der Waals surface area (Å²) in [6, 6.07) is 6.33. The van der Waals surface area contributed by atoms with Gasteiger partial charge in [0.1, 0.15) is 5.82 Å². The number of carbonyl (C=O) groups is 1. The number of carboxylic acid groups (broad SMARTS) is 1. The molecule has 0 aliphatic heterocycles. The predicted molar refractivity (Wildman–Crippen MR) is 71.1 cm³/mol. The minimum Gasteiger partial charge on any atom is -0.478 e. The first kappa shape index (κ1) is 14.3. The summed E-state index contributed by atoms with van der Waals surface area (Å²) >= 11 is 5.54. The second kappa shape index (κ2) is 6.81. The Morgan fingerprint density at radius 2 is 2.11 bits per heavy atom. The molecule has 18 heavy (non-hydrogen) atoms. The third-order valence-electron chi connectivity index (χ3n) is 2.24. The fourth-order valence-corrected chi connectivity index (χ4v) is 1.50. The van der Waals surface area contributed by atoms with E-state index < -0.39 is 5.97 Å². The summed E-state index contributed by atoms with van der Waals surface area (Å²) < 4.78 is 0. The molecule has 0 fully saturated rings. The molecule has 2 rings (SSSR count). The first-order valence-corrected chi connectivity index (χ1v) is 5.90. The monoisotopic (exact) mass is 266 g/mol. The van der Waals surface area contributed by atoms with Gasteiger partial charge in [-0.15, -0.1) is 0 Å². The number of hydrogen-bond donors (Lipinski definition) is 2. The summed E-state index contributed by atoms with van der Waals surface area (Å²) in [6.45, 7) is 4.06. The Morgan fingerprint density at radius 1 is 1.44 bits per heavy atom. The molecule has 1 heterocycles. The van der Waals surface area contributed by atoms with Gasteiger partial charge in [0, 0.05) is 11.9 Å². The molecule has 0 spiro atoms. The van der Waals surface area contributed by atoms with Crippen LogP contribution in [-0.2, 0) is 6.42 Å². The van der Waals surface area contributed by atoms with E-state index in [4.69, 9.17) is 16.7 Å². The smallest absolute Gasteiger partial charge is 0.337 e. The van der Waals surface area contributed by atoms with Gasteiger partial charge in [0.05, 0.1) is 10.6 Å². The van der Waals surface area contributed by atoms with Gasteiger partial charge in [0.2, 0.25) is 0 Å². The van der Waals surface area contributed by atoms with Crippen LogP contribution in [0.1, 0.15) is 28.8 Å². The molecule has 0 atom stereocenters. The third-order valence-corrected chi connectivity index (χ3v) is 2.57. The first-order valence-electron chi connectivity index (χ1n) is 5.53. The van der Waals surface area contributed by atoms with Crippen LogP contribution in [0, 0.1) is 6.92 Å². The number of benzene rings is 1. The van der Waals surface area contributed by atoms with Crippen molar-refractivity contribution >= 4 is 17.6 Å². The molecule has 1 aromatic carbocycles. The third kappa shape index (κ3) is 4.22. The molecule has 0 aliphatic carbocycles. The minimum atomic E-state index is -0.995. The van der Waals surface area contributed by atoms with E-state index in [1.54, 1.807) is 18.2 Å². The molecule has 0 bridgehead atoms. The standard InChI is InChI=1S/C7H5ClO2.C6H10N2/c8-6-4-2-1-3-5(6)7(9)10;1-3-6-4-7-5(2)8-6/h1-4H,(H,9,10);4H,3H2,1-2H3,(H,7,8). The maximum absolute atomic E-state index is 10.3. The summed E-state index contributed by atoms with van der Waals surface area (Å²) in [4.78, 5) is 17.5. The lowest BCUT2D eigenvalue weighted by molar-refractivity contribution is 0.0697. The fourth-order valence-electron chi connectivity index (χ4n) is 1.29. The Kier molecular flexibility index (Phi) is 5.39. The van der Waals surface area contributed by atoms with Gasteiger partial charge in [0.25, 0.3) is 0 Å². The second-order valence-electron chi connectivity index (χ2n) is 3.63. The number of nitrogens with zero attached hydrogens (tertiary/aromatic N) is 1. The van der Waals surface area contributed by atoms with Crippen molar-refractivity contribution in [1.29, 1.82) is 0 Å². The molecule has 0 amide bonds. The summed E-state index contributed by atoms with van der Waals surface area (Å²) in [6.07, 6.45) is 2.91. The van der Waals surface area contributed by atoms with Crippen molar-refractivity contribution in [2.24, 2.45) is 0 Å². The van der Waals surface area contributed by atoms with Crippen LogP contribution < -0.4 is 0 Å². The van der Waals surface area contributed by atoms with Crippen LogP contribution in [0.3, 0.4) is 0 Å². The van der Waals surface area contributed by atoms with Crippen LogP contribution in [0.15, 0.2) is 30.5 Å². The van der Waals surface area contributed by atoms with E-state index in [-0.39, 0.29) is 10.6 Å². The molecule has 0 saturated carbocycles. The van der Waals surface area contributed by atoms with E-state index in [2.05, 4.69) is 16.9 Å². The molecular formula is C13H15ClN2O2. The number of halogens is 1. The Hall–Kier alpha value is -1.81. The molecular weight excluding hydrogens is 252 g/mol. The highest BCUT2D eigenvalue weighted by Crippen LogP contribution is 2.13. The van der Waals surface area contributed by atoms with Gasteiger partial charge < -0.3 is 10.1 Å². The summed E-state index contributed by atoms with van der Waals surface area (Å²) in [5.41, 5.74) is 1.35. The second-order valence-corrected chi connectivity index (χ2v) is 4.04. The van der Waals surface area contributed by atoms with Crippen LogP contribution in [-0.4, -0.2) is 21.0 Å². The molecule has 2 N–H and O–H groups in total. The predicted octanol–water partition coefficient (Wildman–Crippen LogP) is 3.32. The van der Waals surface area contributed by atoms with Crippen molar-refractivity contribution in [1.82, 2.24) is 9.97 Å². The van der Waals surface area contributed by atoms with Crippen molar-refractivity contribution < 1.29 is 9.90 Å². The highest BCUT2D eigenvalue weighted by atomic mass is 35.5. The molecule has 96 valence electrons. The largest absolute Gasteiger partial charge is 0.478 e. The summed E-state index contributed by atoms with van der Waals surface area (Å²) in [7, 11) is 0. The lowest BCUT2D eigenvalue weighted by atomic mass is 10.2. The van der Waals surface area contributed by atoms with Crippen molar-refractivity contribution in [2.75, 3.05) is 0 Å². The summed E-state index contributed by atoms with van der Waals surface area (Å²) in [5.74, 6) is 0.00690. The zero-order chi connectivity index (χ0) is 13.5. The molecule has 0 unspecified atom stereocenters. The lowest BCUT2D eigenvalue weighted by Gasteiger charge is -1.94. The SMILES string of the molecule is CCc1cnc(C)[nH]1.O=C(O)c1ccccc1Cl. The number of H-pyrrole nitrogens is 1. The maximum atomic E-state index is 10.3. The Bertz CT molecular complexity index is 523. The van der Waals surface area contributed by atoms with Gasteiger partial charge in [-0.05, 0) is 25.5 Å². The van der Waals surface area contributed by atoms with Crippen molar-refractivity contribution in [3.8, 4) is 0 Å². The average Bonchev–Trinajstić information content (AvgIpc) is 2.76. The Labute approximate surface area is 111 Å². The van der Waals surface area contributed by atoms with Gasteiger partial charge in [-0.2, -0.15) is 0 Å². The molecule has 4 nitrogen and oxygen atoms in total. The number of aromatic carboxylic acids is 1. The number of rotatable bonds is 2. The van der Waals surface area contributed by atoms with Crippen LogP contribution >= 0.6 is 11.6 Å². The molecule has 0 aliphatic rings. The van der Waals surface area contributed by atoms with E-state index >= 15 is 0 Å². The van der Waals surface area contributed by atoms with Crippen LogP contribution in [0.25, 0.3) is 0 Å². The zero-order valence-corrected chi connectivity index (χ0v) is 11.0. The van der Waals surface area contributed by atoms with Gasteiger partial charge in [-0.25, -0.2) is 9.78 Å². The normalized spacial score (nSPS) is 9.50. The van der Waals surface area contributed by atoms with Crippen molar-refractivity contribution in [3.05, 3.63) is 52.6 Å². The van der Waals surface area contributed by atoms with Crippen LogP contribution in [0.2, 0.25) is 5.02 Å². The van der Waals surface area contributed by atoms with Crippen LogP contribution in [0.5, 0.6) is 0 Å². The molecule has 0 radical (unpaired) electrons. The number of imidazole rings is 1. The molecule has 0 saturated heterocycles. The number of carboxylic acids is 1.